The van der Waals surface area contributed by atoms with E-state index in [0.29, 0.717) is 22.0 Å². The molecule has 0 aliphatic carbocycles. The van der Waals surface area contributed by atoms with Crippen molar-refractivity contribution in [3.8, 4) is 5.75 Å². The lowest BCUT2D eigenvalue weighted by Crippen LogP contribution is -2.12. The lowest BCUT2D eigenvalue weighted by Gasteiger charge is -2.06. The van der Waals surface area contributed by atoms with E-state index in [-0.39, 0.29) is 5.75 Å². The zero-order valence-electron chi connectivity index (χ0n) is 9.70. The number of aromatic hydroxyl groups is 1. The van der Waals surface area contributed by atoms with Gasteiger partial charge in [-0.15, -0.1) is 0 Å². The molecule has 2 aromatic rings. The number of benzene rings is 1. The van der Waals surface area contributed by atoms with Crippen LogP contribution in [-0.4, -0.2) is 10.3 Å². The van der Waals surface area contributed by atoms with E-state index in [1.807, 2.05) is 25.1 Å². The number of hydrogen-bond donors (Lipinski definition) is 2. The summed E-state index contributed by atoms with van der Waals surface area (Å²) < 4.78 is 6.33. The number of hydrogen-bond acceptors (Lipinski definition) is 4. The van der Waals surface area contributed by atoms with Crippen LogP contribution in [0.5, 0.6) is 5.75 Å². The van der Waals surface area contributed by atoms with Gasteiger partial charge in [-0.3, -0.25) is 0 Å². The predicted octanol–water partition coefficient (Wildman–Crippen LogP) is 3.50. The molecule has 6 heteroatoms. The Bertz CT molecular complexity index is 532. The van der Waals surface area contributed by atoms with Crippen LogP contribution in [0.2, 0.25) is 0 Å². The van der Waals surface area contributed by atoms with E-state index in [4.69, 9.17) is 4.52 Å². The van der Waals surface area contributed by atoms with Gasteiger partial charge in [0.2, 0.25) is 0 Å². The molecule has 0 amide bonds. The molecule has 1 aromatic heterocycles. The van der Waals surface area contributed by atoms with Crippen LogP contribution < -0.4 is 5.32 Å². The summed E-state index contributed by atoms with van der Waals surface area (Å²) in [6.45, 7) is 3.20. The van der Waals surface area contributed by atoms with Crippen molar-refractivity contribution in [3.63, 3.8) is 0 Å². The second kappa shape index (κ2) is 5.86. The maximum Gasteiger partial charge on any atom is 0.143 e. The van der Waals surface area contributed by atoms with Crippen molar-refractivity contribution in [2.45, 2.75) is 20.0 Å². The van der Waals surface area contributed by atoms with E-state index in [1.54, 1.807) is 0 Å². The molecule has 0 saturated carbocycles. The molecule has 2 rings (SSSR count). The number of phenolic OH excluding ortho intramolecular Hbond substituents is 1. The van der Waals surface area contributed by atoms with Crippen molar-refractivity contribution < 1.29 is 9.63 Å². The minimum Gasteiger partial charge on any atom is -0.506 e. The maximum atomic E-state index is 9.60. The Labute approximate surface area is 122 Å². The van der Waals surface area contributed by atoms with E-state index in [9.17, 15) is 5.11 Å². The summed E-state index contributed by atoms with van der Waals surface area (Å²) in [5.41, 5.74) is 1.94. The largest absolute Gasteiger partial charge is 0.506 e. The van der Waals surface area contributed by atoms with Crippen molar-refractivity contribution in [3.05, 3.63) is 44.2 Å². The SMILES string of the molecule is Cc1cc(CNCc2cc(Br)c(O)c(Br)c2)no1. The number of rotatable bonds is 4. The number of aromatic nitrogens is 1. The zero-order valence-corrected chi connectivity index (χ0v) is 12.9. The van der Waals surface area contributed by atoms with Gasteiger partial charge in [0.1, 0.15) is 11.5 Å². The monoisotopic (exact) mass is 374 g/mol. The fourth-order valence-electron chi connectivity index (χ4n) is 1.56. The molecule has 2 N–H and O–H groups in total. The van der Waals surface area contributed by atoms with Crippen LogP contribution in [0.4, 0.5) is 0 Å². The van der Waals surface area contributed by atoms with Gasteiger partial charge < -0.3 is 14.9 Å². The van der Waals surface area contributed by atoms with Gasteiger partial charge in [0.05, 0.1) is 14.6 Å². The lowest BCUT2D eigenvalue weighted by molar-refractivity contribution is 0.388. The lowest BCUT2D eigenvalue weighted by atomic mass is 10.2. The number of aryl methyl sites for hydroxylation is 1. The van der Waals surface area contributed by atoms with E-state index in [0.717, 1.165) is 17.0 Å². The second-order valence-corrected chi connectivity index (χ2v) is 5.65. The van der Waals surface area contributed by atoms with Crippen LogP contribution in [0.25, 0.3) is 0 Å². The molecule has 0 fully saturated rings. The molecule has 1 aromatic carbocycles. The molecule has 0 bridgehead atoms. The van der Waals surface area contributed by atoms with Gasteiger partial charge in [0.25, 0.3) is 0 Å². The summed E-state index contributed by atoms with van der Waals surface area (Å²) in [6, 6.07) is 5.65. The molecule has 1 heterocycles. The summed E-state index contributed by atoms with van der Waals surface area (Å²) in [7, 11) is 0. The Balaban J connectivity index is 1.94. The minimum absolute atomic E-state index is 0.214. The van der Waals surface area contributed by atoms with Gasteiger partial charge >= 0.3 is 0 Å². The van der Waals surface area contributed by atoms with Crippen LogP contribution >= 0.6 is 31.9 Å². The number of nitrogens with one attached hydrogen (secondary N) is 1. The topological polar surface area (TPSA) is 58.3 Å². The Morgan fingerprint density at radius 3 is 2.44 bits per heavy atom. The van der Waals surface area contributed by atoms with E-state index in [2.05, 4.69) is 42.3 Å². The summed E-state index contributed by atoms with van der Waals surface area (Å²) in [5, 5.41) is 16.8. The normalized spacial score (nSPS) is 10.8. The third kappa shape index (κ3) is 3.34. The smallest absolute Gasteiger partial charge is 0.143 e. The molecule has 18 heavy (non-hydrogen) atoms. The molecule has 0 aliphatic heterocycles. The van der Waals surface area contributed by atoms with Crippen molar-refractivity contribution in [1.29, 1.82) is 0 Å². The first-order valence-electron chi connectivity index (χ1n) is 5.36. The zero-order chi connectivity index (χ0) is 13.1. The highest BCUT2D eigenvalue weighted by atomic mass is 79.9. The fraction of sp³-hybridized carbons (Fsp3) is 0.250. The Hall–Kier alpha value is -0.850. The molecule has 4 nitrogen and oxygen atoms in total. The highest BCUT2D eigenvalue weighted by molar-refractivity contribution is 9.11. The quantitative estimate of drug-likeness (QED) is 0.858. The van der Waals surface area contributed by atoms with Crippen molar-refractivity contribution in [2.75, 3.05) is 0 Å². The molecule has 0 aliphatic rings. The van der Waals surface area contributed by atoms with Gasteiger partial charge in [-0.2, -0.15) is 0 Å². The Morgan fingerprint density at radius 2 is 1.89 bits per heavy atom. The van der Waals surface area contributed by atoms with E-state index >= 15 is 0 Å². The van der Waals surface area contributed by atoms with E-state index < -0.39 is 0 Å². The maximum absolute atomic E-state index is 9.60. The Morgan fingerprint density at radius 1 is 1.22 bits per heavy atom. The second-order valence-electron chi connectivity index (χ2n) is 3.94. The molecular formula is C12H12Br2N2O2. The Kier molecular flexibility index (Phi) is 4.42. The molecule has 0 saturated heterocycles. The van der Waals surface area contributed by atoms with Crippen LogP contribution in [0, 0.1) is 6.92 Å². The first kappa shape index (κ1) is 13.6. The van der Waals surface area contributed by atoms with Crippen LogP contribution in [-0.2, 0) is 13.1 Å². The first-order chi connectivity index (χ1) is 8.56. The summed E-state index contributed by atoms with van der Waals surface area (Å²) in [6.07, 6.45) is 0. The molecule has 0 spiro atoms. The molecule has 96 valence electrons. The first-order valence-corrected chi connectivity index (χ1v) is 6.94. The van der Waals surface area contributed by atoms with Crippen molar-refractivity contribution in [1.82, 2.24) is 10.5 Å². The molecule has 0 unspecified atom stereocenters. The minimum atomic E-state index is 0.214. The third-order valence-corrected chi connectivity index (χ3v) is 3.60. The average Bonchev–Trinajstić information content (AvgIpc) is 2.72. The van der Waals surface area contributed by atoms with Gasteiger partial charge in [0.15, 0.2) is 0 Å². The van der Waals surface area contributed by atoms with Crippen molar-refractivity contribution >= 4 is 31.9 Å². The summed E-state index contributed by atoms with van der Waals surface area (Å²) in [5.74, 6) is 1.02. The number of nitrogens with zero attached hydrogens (tertiary/aromatic N) is 1. The van der Waals surface area contributed by atoms with Crippen molar-refractivity contribution in [2.24, 2.45) is 0 Å². The third-order valence-electron chi connectivity index (χ3n) is 2.39. The number of phenols is 1. The van der Waals surface area contributed by atoms with Crippen LogP contribution in [0.1, 0.15) is 17.0 Å². The van der Waals surface area contributed by atoms with Gasteiger partial charge in [-0.05, 0) is 56.5 Å². The number of halogens is 2. The highest BCUT2D eigenvalue weighted by Gasteiger charge is 2.06. The summed E-state index contributed by atoms with van der Waals surface area (Å²) in [4.78, 5) is 0. The van der Waals surface area contributed by atoms with Gasteiger partial charge in [0, 0.05) is 19.2 Å². The van der Waals surface area contributed by atoms with Gasteiger partial charge in [-0.25, -0.2) is 0 Å². The standard InChI is InChI=1S/C12H12Br2N2O2/c1-7-2-9(16-18-7)6-15-5-8-3-10(13)12(17)11(14)4-8/h2-4,15,17H,5-6H2,1H3. The fourth-order valence-corrected chi connectivity index (χ4v) is 2.84. The molecule has 0 atom stereocenters. The van der Waals surface area contributed by atoms with E-state index in [1.165, 1.54) is 0 Å². The highest BCUT2D eigenvalue weighted by Crippen LogP contribution is 2.33. The average molecular weight is 376 g/mol. The van der Waals surface area contributed by atoms with Crippen LogP contribution in [0.3, 0.4) is 0 Å². The van der Waals surface area contributed by atoms with Gasteiger partial charge in [-0.1, -0.05) is 5.16 Å². The predicted molar refractivity (Wildman–Crippen MR) is 75.3 cm³/mol. The molecular weight excluding hydrogens is 364 g/mol. The van der Waals surface area contributed by atoms with Crippen LogP contribution in [0.15, 0.2) is 31.7 Å². The molecule has 0 radical (unpaired) electrons. The summed E-state index contributed by atoms with van der Waals surface area (Å²) >= 11 is 6.60.